The molecular weight excluding hydrogens is 166 g/mol. The minimum atomic E-state index is 0.174. The molecule has 0 aromatic rings. The highest BCUT2D eigenvalue weighted by molar-refractivity contribution is 4.86. The van der Waals surface area contributed by atoms with Gasteiger partial charge >= 0.3 is 0 Å². The second-order valence-electron chi connectivity index (χ2n) is 4.03. The first-order valence-electron chi connectivity index (χ1n) is 5.13. The minimum Gasteiger partial charge on any atom is -0.396 e. The number of unbranched alkanes of at least 4 members (excludes halogenated alkanes) is 1. The average Bonchev–Trinajstić information content (AvgIpc) is 2.62. The summed E-state index contributed by atoms with van der Waals surface area (Å²) in [7, 11) is 1.74. The Morgan fingerprint density at radius 2 is 2.31 bits per heavy atom. The van der Waals surface area contributed by atoms with Gasteiger partial charge in [0.15, 0.2) is 0 Å². The van der Waals surface area contributed by atoms with E-state index in [1.54, 1.807) is 7.11 Å². The highest BCUT2D eigenvalue weighted by Gasteiger charge is 2.32. The molecule has 0 amide bonds. The Kier molecular flexibility index (Phi) is 4.70. The number of nitrogens with one attached hydrogen (secondary N) is 1. The van der Waals surface area contributed by atoms with Crippen molar-refractivity contribution in [2.24, 2.45) is 5.41 Å². The SMILES string of the molecule is COCCCCC1(CO)CCNC1. The predicted molar refractivity (Wildman–Crippen MR) is 52.7 cm³/mol. The monoisotopic (exact) mass is 187 g/mol. The Morgan fingerprint density at radius 1 is 1.46 bits per heavy atom. The summed E-state index contributed by atoms with van der Waals surface area (Å²) in [5.74, 6) is 0. The second-order valence-corrected chi connectivity index (χ2v) is 4.03. The quantitative estimate of drug-likeness (QED) is 0.604. The molecule has 13 heavy (non-hydrogen) atoms. The van der Waals surface area contributed by atoms with Crippen LogP contribution in [0, 0.1) is 5.41 Å². The molecule has 3 nitrogen and oxygen atoms in total. The number of methoxy groups -OCH3 is 1. The van der Waals surface area contributed by atoms with Crippen LogP contribution in [0.4, 0.5) is 0 Å². The molecule has 0 aromatic heterocycles. The Morgan fingerprint density at radius 3 is 2.85 bits per heavy atom. The van der Waals surface area contributed by atoms with E-state index in [1.807, 2.05) is 0 Å². The molecule has 1 saturated heterocycles. The lowest BCUT2D eigenvalue weighted by Crippen LogP contribution is -2.28. The largest absolute Gasteiger partial charge is 0.396 e. The molecule has 0 aromatic carbocycles. The van der Waals surface area contributed by atoms with E-state index in [1.165, 1.54) is 0 Å². The topological polar surface area (TPSA) is 41.5 Å². The summed E-state index contributed by atoms with van der Waals surface area (Å²) in [6.45, 7) is 3.21. The van der Waals surface area contributed by atoms with Crippen molar-refractivity contribution in [1.29, 1.82) is 0 Å². The molecule has 1 fully saturated rings. The fourth-order valence-electron chi connectivity index (χ4n) is 1.97. The van der Waals surface area contributed by atoms with Gasteiger partial charge in [0, 0.05) is 32.3 Å². The van der Waals surface area contributed by atoms with E-state index < -0.39 is 0 Å². The lowest BCUT2D eigenvalue weighted by Gasteiger charge is -2.25. The Hall–Kier alpha value is -0.120. The van der Waals surface area contributed by atoms with Crippen LogP contribution in [-0.4, -0.2) is 38.5 Å². The molecule has 1 heterocycles. The van der Waals surface area contributed by atoms with Crippen molar-refractivity contribution >= 4 is 0 Å². The van der Waals surface area contributed by atoms with Crippen LogP contribution in [0.3, 0.4) is 0 Å². The molecule has 3 heteroatoms. The molecular formula is C10H21NO2. The van der Waals surface area contributed by atoms with Gasteiger partial charge in [0.2, 0.25) is 0 Å². The Bertz CT molecular complexity index is 133. The number of aliphatic hydroxyl groups is 1. The maximum Gasteiger partial charge on any atom is 0.0500 e. The fraction of sp³-hybridized carbons (Fsp3) is 1.00. The van der Waals surface area contributed by atoms with Crippen LogP contribution in [0.15, 0.2) is 0 Å². The van der Waals surface area contributed by atoms with E-state index in [0.29, 0.717) is 6.61 Å². The van der Waals surface area contributed by atoms with E-state index in [9.17, 15) is 5.11 Å². The van der Waals surface area contributed by atoms with Crippen molar-refractivity contribution in [3.05, 3.63) is 0 Å². The highest BCUT2D eigenvalue weighted by atomic mass is 16.5. The number of hydrogen-bond donors (Lipinski definition) is 2. The van der Waals surface area contributed by atoms with Gasteiger partial charge < -0.3 is 15.2 Å². The molecule has 1 atom stereocenters. The summed E-state index contributed by atoms with van der Waals surface area (Å²) < 4.78 is 4.99. The standard InChI is InChI=1S/C10H21NO2/c1-13-7-3-2-4-10(9-12)5-6-11-8-10/h11-12H,2-9H2,1H3. The number of hydrogen-bond acceptors (Lipinski definition) is 3. The summed E-state index contributed by atoms with van der Waals surface area (Å²) in [5, 5.41) is 12.6. The van der Waals surface area contributed by atoms with E-state index >= 15 is 0 Å². The lowest BCUT2D eigenvalue weighted by atomic mass is 9.83. The molecule has 78 valence electrons. The third-order valence-electron chi connectivity index (χ3n) is 2.97. The van der Waals surface area contributed by atoms with Crippen molar-refractivity contribution in [3.8, 4) is 0 Å². The first-order chi connectivity index (χ1) is 6.33. The van der Waals surface area contributed by atoms with Gasteiger partial charge in [-0.3, -0.25) is 0 Å². The lowest BCUT2D eigenvalue weighted by molar-refractivity contribution is 0.124. The summed E-state index contributed by atoms with van der Waals surface area (Å²) in [4.78, 5) is 0. The zero-order valence-electron chi connectivity index (χ0n) is 8.51. The number of rotatable bonds is 6. The van der Waals surface area contributed by atoms with Gasteiger partial charge in [-0.05, 0) is 25.8 Å². The van der Waals surface area contributed by atoms with Crippen LogP contribution in [0.1, 0.15) is 25.7 Å². The van der Waals surface area contributed by atoms with Crippen LogP contribution in [0.5, 0.6) is 0 Å². The molecule has 0 spiro atoms. The fourth-order valence-corrected chi connectivity index (χ4v) is 1.97. The van der Waals surface area contributed by atoms with Crippen LogP contribution in [-0.2, 0) is 4.74 Å². The summed E-state index contributed by atoms with van der Waals surface area (Å²) in [6.07, 6.45) is 4.52. The number of ether oxygens (including phenoxy) is 1. The maximum absolute atomic E-state index is 9.30. The van der Waals surface area contributed by atoms with Crippen molar-refractivity contribution in [2.45, 2.75) is 25.7 Å². The average molecular weight is 187 g/mol. The van der Waals surface area contributed by atoms with E-state index in [0.717, 1.165) is 45.4 Å². The highest BCUT2D eigenvalue weighted by Crippen LogP contribution is 2.30. The summed E-state index contributed by atoms with van der Waals surface area (Å²) in [6, 6.07) is 0. The molecule has 2 N–H and O–H groups in total. The first-order valence-corrected chi connectivity index (χ1v) is 5.13. The van der Waals surface area contributed by atoms with Crippen molar-refractivity contribution in [2.75, 3.05) is 33.4 Å². The van der Waals surface area contributed by atoms with E-state index in [2.05, 4.69) is 5.32 Å². The molecule has 1 unspecified atom stereocenters. The van der Waals surface area contributed by atoms with Crippen LogP contribution in [0.25, 0.3) is 0 Å². The molecule has 1 aliphatic rings. The van der Waals surface area contributed by atoms with Gasteiger partial charge in [-0.15, -0.1) is 0 Å². The summed E-state index contributed by atoms with van der Waals surface area (Å²) in [5.41, 5.74) is 0.174. The van der Waals surface area contributed by atoms with Gasteiger partial charge in [-0.25, -0.2) is 0 Å². The zero-order chi connectivity index (χ0) is 9.57. The predicted octanol–water partition coefficient (Wildman–Crippen LogP) is 0.775. The van der Waals surface area contributed by atoms with Gasteiger partial charge in [-0.2, -0.15) is 0 Å². The van der Waals surface area contributed by atoms with Crippen LogP contribution >= 0.6 is 0 Å². The Labute approximate surface area is 80.5 Å². The van der Waals surface area contributed by atoms with E-state index in [4.69, 9.17) is 4.74 Å². The third-order valence-corrected chi connectivity index (χ3v) is 2.97. The minimum absolute atomic E-state index is 0.174. The molecule has 0 bridgehead atoms. The first kappa shape index (κ1) is 11.0. The molecule has 0 aliphatic carbocycles. The molecule has 1 rings (SSSR count). The van der Waals surface area contributed by atoms with E-state index in [-0.39, 0.29) is 5.41 Å². The molecule has 0 saturated carbocycles. The molecule has 1 aliphatic heterocycles. The smallest absolute Gasteiger partial charge is 0.0500 e. The van der Waals surface area contributed by atoms with Gasteiger partial charge in [0.25, 0.3) is 0 Å². The second kappa shape index (κ2) is 5.58. The summed E-state index contributed by atoms with van der Waals surface area (Å²) >= 11 is 0. The van der Waals surface area contributed by atoms with Crippen molar-refractivity contribution in [1.82, 2.24) is 5.32 Å². The van der Waals surface area contributed by atoms with Crippen LogP contribution < -0.4 is 5.32 Å². The van der Waals surface area contributed by atoms with Crippen molar-refractivity contribution < 1.29 is 9.84 Å². The van der Waals surface area contributed by atoms with Gasteiger partial charge in [0.1, 0.15) is 0 Å². The van der Waals surface area contributed by atoms with Gasteiger partial charge in [-0.1, -0.05) is 6.42 Å². The van der Waals surface area contributed by atoms with Crippen LogP contribution in [0.2, 0.25) is 0 Å². The van der Waals surface area contributed by atoms with Gasteiger partial charge in [0.05, 0.1) is 0 Å². The zero-order valence-corrected chi connectivity index (χ0v) is 8.51. The third kappa shape index (κ3) is 3.25. The Balaban J connectivity index is 2.16. The maximum atomic E-state index is 9.30. The normalized spacial score (nSPS) is 28.2. The number of aliphatic hydroxyl groups excluding tert-OH is 1. The van der Waals surface area contributed by atoms with Crippen molar-refractivity contribution in [3.63, 3.8) is 0 Å². The molecule has 0 radical (unpaired) electrons.